The Labute approximate surface area is 156 Å². The van der Waals surface area contributed by atoms with E-state index in [2.05, 4.69) is 9.97 Å². The molecule has 0 atom stereocenters. The van der Waals surface area contributed by atoms with Gasteiger partial charge in [-0.05, 0) is 6.92 Å². The first-order chi connectivity index (χ1) is 13.0. The lowest BCUT2D eigenvalue weighted by atomic mass is 10.0. The van der Waals surface area contributed by atoms with Crippen LogP contribution in [0.3, 0.4) is 0 Å². The number of carbonyl (C=O) groups is 2. The lowest BCUT2D eigenvalue weighted by Gasteiger charge is -2.13. The third-order valence-electron chi connectivity index (χ3n) is 4.03. The molecule has 6 nitrogen and oxygen atoms in total. The van der Waals surface area contributed by atoms with Gasteiger partial charge in [-0.25, -0.2) is 19.6 Å². The van der Waals surface area contributed by atoms with Crippen LogP contribution in [0.25, 0.3) is 22.6 Å². The van der Waals surface area contributed by atoms with Crippen molar-refractivity contribution in [3.8, 4) is 22.6 Å². The van der Waals surface area contributed by atoms with Crippen LogP contribution in [0.1, 0.15) is 26.4 Å². The Bertz CT molecular complexity index is 983. The van der Waals surface area contributed by atoms with Crippen molar-refractivity contribution in [2.24, 2.45) is 0 Å². The Hall–Kier alpha value is -3.54. The van der Waals surface area contributed by atoms with Gasteiger partial charge in [0.2, 0.25) is 0 Å². The summed E-state index contributed by atoms with van der Waals surface area (Å²) in [7, 11) is 2.48. The third kappa shape index (κ3) is 3.69. The molecular weight excluding hydrogens is 344 g/mol. The third-order valence-corrected chi connectivity index (χ3v) is 4.03. The molecule has 0 saturated carbocycles. The van der Waals surface area contributed by atoms with Crippen LogP contribution in [-0.4, -0.2) is 36.1 Å². The molecule has 1 heterocycles. The molecule has 2 aromatic carbocycles. The molecule has 0 N–H and O–H groups in total. The monoisotopic (exact) mass is 362 g/mol. The van der Waals surface area contributed by atoms with Crippen molar-refractivity contribution in [2.75, 3.05) is 14.2 Å². The van der Waals surface area contributed by atoms with E-state index in [1.807, 2.05) is 61.5 Å². The number of carbonyl (C=O) groups excluding carboxylic acids is 2. The van der Waals surface area contributed by atoms with Crippen molar-refractivity contribution in [3.05, 3.63) is 71.4 Å². The first-order valence-corrected chi connectivity index (χ1v) is 8.26. The molecule has 0 fully saturated rings. The Kier molecular flexibility index (Phi) is 5.26. The SMILES string of the molecule is COC(=O)c1nc(-c2ccccc2)nc(-c2ccc(C)cc2)c1C(=O)OC. The molecule has 27 heavy (non-hydrogen) atoms. The minimum absolute atomic E-state index is 0.0205. The molecule has 0 bridgehead atoms. The maximum Gasteiger partial charge on any atom is 0.357 e. The van der Waals surface area contributed by atoms with Crippen LogP contribution in [0.2, 0.25) is 0 Å². The molecule has 0 unspecified atom stereocenters. The number of esters is 2. The fourth-order valence-electron chi connectivity index (χ4n) is 2.64. The van der Waals surface area contributed by atoms with Crippen molar-refractivity contribution in [3.63, 3.8) is 0 Å². The van der Waals surface area contributed by atoms with E-state index in [4.69, 9.17) is 9.47 Å². The molecule has 0 aliphatic carbocycles. The number of hydrogen-bond donors (Lipinski definition) is 0. The summed E-state index contributed by atoms with van der Waals surface area (Å²) in [6, 6.07) is 16.7. The number of benzene rings is 2. The van der Waals surface area contributed by atoms with Gasteiger partial charge < -0.3 is 9.47 Å². The Morgan fingerprint density at radius 2 is 1.41 bits per heavy atom. The lowest BCUT2D eigenvalue weighted by Crippen LogP contribution is -2.17. The molecule has 1 aromatic heterocycles. The van der Waals surface area contributed by atoms with E-state index >= 15 is 0 Å². The summed E-state index contributed by atoms with van der Waals surface area (Å²) in [6.07, 6.45) is 0. The molecule has 3 rings (SSSR count). The van der Waals surface area contributed by atoms with Crippen molar-refractivity contribution < 1.29 is 19.1 Å². The number of hydrogen-bond acceptors (Lipinski definition) is 6. The van der Waals surface area contributed by atoms with Crippen LogP contribution in [-0.2, 0) is 9.47 Å². The highest BCUT2D eigenvalue weighted by Crippen LogP contribution is 2.28. The number of ether oxygens (including phenoxy) is 2. The molecule has 3 aromatic rings. The van der Waals surface area contributed by atoms with Crippen LogP contribution in [0.15, 0.2) is 54.6 Å². The van der Waals surface area contributed by atoms with E-state index in [1.54, 1.807) is 0 Å². The van der Waals surface area contributed by atoms with E-state index in [9.17, 15) is 9.59 Å². The first kappa shape index (κ1) is 18.3. The lowest BCUT2D eigenvalue weighted by molar-refractivity contribution is 0.0550. The Morgan fingerprint density at radius 3 is 2.00 bits per heavy atom. The minimum atomic E-state index is -0.733. The molecule has 0 amide bonds. The Morgan fingerprint density at radius 1 is 0.778 bits per heavy atom. The number of methoxy groups -OCH3 is 2. The average Bonchev–Trinajstić information content (AvgIpc) is 2.72. The second kappa shape index (κ2) is 7.78. The zero-order valence-corrected chi connectivity index (χ0v) is 15.2. The number of aryl methyl sites for hydroxylation is 1. The predicted molar refractivity (Wildman–Crippen MR) is 100 cm³/mol. The second-order valence-corrected chi connectivity index (χ2v) is 5.83. The van der Waals surface area contributed by atoms with Gasteiger partial charge in [-0.15, -0.1) is 0 Å². The van der Waals surface area contributed by atoms with Gasteiger partial charge in [-0.3, -0.25) is 0 Å². The zero-order chi connectivity index (χ0) is 19.4. The maximum atomic E-state index is 12.5. The predicted octanol–water partition coefficient (Wildman–Crippen LogP) is 3.69. The van der Waals surface area contributed by atoms with Gasteiger partial charge in [-0.1, -0.05) is 60.2 Å². The summed E-state index contributed by atoms with van der Waals surface area (Å²) in [5, 5.41) is 0. The zero-order valence-electron chi connectivity index (χ0n) is 15.2. The van der Waals surface area contributed by atoms with Gasteiger partial charge in [0.15, 0.2) is 11.5 Å². The molecule has 0 saturated heterocycles. The molecule has 136 valence electrons. The van der Waals surface area contributed by atoms with Crippen LogP contribution in [0.5, 0.6) is 0 Å². The van der Waals surface area contributed by atoms with E-state index in [-0.39, 0.29) is 11.3 Å². The summed E-state index contributed by atoms with van der Waals surface area (Å²) in [5.74, 6) is -1.12. The summed E-state index contributed by atoms with van der Waals surface area (Å²) >= 11 is 0. The molecule has 6 heteroatoms. The van der Waals surface area contributed by atoms with Crippen molar-refractivity contribution in [2.45, 2.75) is 6.92 Å². The molecule has 0 aliphatic heterocycles. The van der Waals surface area contributed by atoms with Crippen molar-refractivity contribution in [1.29, 1.82) is 0 Å². The summed E-state index contributed by atoms with van der Waals surface area (Å²) < 4.78 is 9.71. The van der Waals surface area contributed by atoms with E-state index < -0.39 is 11.9 Å². The number of aromatic nitrogens is 2. The highest BCUT2D eigenvalue weighted by molar-refractivity contribution is 6.06. The first-order valence-electron chi connectivity index (χ1n) is 8.26. The summed E-state index contributed by atoms with van der Waals surface area (Å²) in [6.45, 7) is 1.96. The summed E-state index contributed by atoms with van der Waals surface area (Å²) in [5.41, 5.74) is 2.61. The molecule has 0 aliphatic rings. The van der Waals surface area contributed by atoms with Gasteiger partial charge in [0.1, 0.15) is 5.56 Å². The fraction of sp³-hybridized carbons (Fsp3) is 0.143. The molecule has 0 spiro atoms. The quantitative estimate of drug-likeness (QED) is 0.659. The largest absolute Gasteiger partial charge is 0.465 e. The topological polar surface area (TPSA) is 78.4 Å². The second-order valence-electron chi connectivity index (χ2n) is 5.83. The normalized spacial score (nSPS) is 10.3. The van der Waals surface area contributed by atoms with Crippen LogP contribution in [0.4, 0.5) is 0 Å². The minimum Gasteiger partial charge on any atom is -0.465 e. The standard InChI is InChI=1S/C21H18N2O4/c1-13-9-11-14(12-10-13)17-16(20(24)26-2)18(21(25)27-3)23-19(22-17)15-7-5-4-6-8-15/h4-12H,1-3H3. The highest BCUT2D eigenvalue weighted by Gasteiger charge is 2.27. The van der Waals surface area contributed by atoms with Gasteiger partial charge in [0, 0.05) is 11.1 Å². The fourth-order valence-corrected chi connectivity index (χ4v) is 2.64. The maximum absolute atomic E-state index is 12.5. The van der Waals surface area contributed by atoms with Gasteiger partial charge >= 0.3 is 11.9 Å². The van der Waals surface area contributed by atoms with Crippen LogP contribution in [0, 0.1) is 6.92 Å². The number of nitrogens with zero attached hydrogens (tertiary/aromatic N) is 2. The molecule has 0 radical (unpaired) electrons. The summed E-state index contributed by atoms with van der Waals surface area (Å²) in [4.78, 5) is 33.7. The number of rotatable bonds is 4. The van der Waals surface area contributed by atoms with Gasteiger partial charge in [0.05, 0.1) is 19.9 Å². The van der Waals surface area contributed by atoms with Crippen molar-refractivity contribution >= 4 is 11.9 Å². The van der Waals surface area contributed by atoms with Crippen LogP contribution >= 0.6 is 0 Å². The average molecular weight is 362 g/mol. The van der Waals surface area contributed by atoms with Gasteiger partial charge in [-0.2, -0.15) is 0 Å². The van der Waals surface area contributed by atoms with Crippen LogP contribution < -0.4 is 0 Å². The van der Waals surface area contributed by atoms with E-state index in [0.717, 1.165) is 5.56 Å². The highest BCUT2D eigenvalue weighted by atomic mass is 16.5. The van der Waals surface area contributed by atoms with Gasteiger partial charge in [0.25, 0.3) is 0 Å². The van der Waals surface area contributed by atoms with E-state index in [0.29, 0.717) is 22.6 Å². The Balaban J connectivity index is 2.34. The smallest absolute Gasteiger partial charge is 0.357 e. The van der Waals surface area contributed by atoms with Crippen molar-refractivity contribution in [1.82, 2.24) is 9.97 Å². The molecular formula is C21H18N2O4. The van der Waals surface area contributed by atoms with E-state index in [1.165, 1.54) is 14.2 Å².